The Morgan fingerprint density at radius 2 is 2.35 bits per heavy atom. The first-order chi connectivity index (χ1) is 8.08. The highest BCUT2D eigenvalue weighted by Crippen LogP contribution is 2.20. The largest absolute Gasteiger partial charge is 0.409 e. The second-order valence-electron chi connectivity index (χ2n) is 4.07. The van der Waals surface area contributed by atoms with Gasteiger partial charge in [-0.15, -0.1) is 11.3 Å². The van der Waals surface area contributed by atoms with E-state index in [1.807, 2.05) is 13.1 Å². The molecule has 0 amide bonds. The van der Waals surface area contributed by atoms with E-state index in [1.165, 1.54) is 4.88 Å². The van der Waals surface area contributed by atoms with Crippen molar-refractivity contribution in [1.29, 1.82) is 0 Å². The Morgan fingerprint density at radius 1 is 1.65 bits per heavy atom. The molecule has 0 spiro atoms. The fourth-order valence-corrected chi connectivity index (χ4v) is 2.21. The van der Waals surface area contributed by atoms with Crippen LogP contribution in [0.15, 0.2) is 11.4 Å². The summed E-state index contributed by atoms with van der Waals surface area (Å²) in [5, 5.41) is 16.0. The highest BCUT2D eigenvalue weighted by Gasteiger charge is 2.13. The summed E-state index contributed by atoms with van der Waals surface area (Å²) in [7, 11) is 0. The van der Waals surface area contributed by atoms with E-state index in [4.69, 9.17) is 10.9 Å². The van der Waals surface area contributed by atoms with Crippen molar-refractivity contribution in [3.05, 3.63) is 16.1 Å². The minimum absolute atomic E-state index is 0.00746. The monoisotopic (exact) mass is 256 g/mol. The van der Waals surface area contributed by atoms with Gasteiger partial charge in [-0.05, 0) is 13.3 Å². The summed E-state index contributed by atoms with van der Waals surface area (Å²) >= 11 is 1.72. The second-order valence-corrected chi connectivity index (χ2v) is 5.22. The fraction of sp³-hybridized carbons (Fsp3) is 0.636. The number of aromatic nitrogens is 1. The van der Waals surface area contributed by atoms with Crippen LogP contribution in [0, 0.1) is 5.92 Å². The van der Waals surface area contributed by atoms with Crippen LogP contribution in [0.4, 0.5) is 0 Å². The van der Waals surface area contributed by atoms with Crippen LogP contribution in [0.2, 0.25) is 0 Å². The zero-order chi connectivity index (χ0) is 12.8. The van der Waals surface area contributed by atoms with Gasteiger partial charge in [-0.1, -0.05) is 19.0 Å². The zero-order valence-electron chi connectivity index (χ0n) is 10.5. The molecular formula is C11H20N4OS. The average molecular weight is 256 g/mol. The molecule has 4 N–H and O–H groups in total. The van der Waals surface area contributed by atoms with Gasteiger partial charge in [0.15, 0.2) is 0 Å². The summed E-state index contributed by atoms with van der Waals surface area (Å²) in [4.78, 5) is 5.66. The average Bonchev–Trinajstić information content (AvgIpc) is 2.83. The first-order valence-corrected chi connectivity index (χ1v) is 6.55. The van der Waals surface area contributed by atoms with Crippen molar-refractivity contribution < 1.29 is 5.21 Å². The van der Waals surface area contributed by atoms with Gasteiger partial charge in [0.05, 0.1) is 6.04 Å². The number of oxime groups is 1. The molecule has 0 saturated carbocycles. The van der Waals surface area contributed by atoms with Crippen LogP contribution in [-0.2, 0) is 6.42 Å². The molecule has 0 aromatic carbocycles. The standard InChI is InChI=1S/C11H20N4OS/c1-4-9-6-14-11(17-9)8(3)13-5-7(2)10(12)15-16/h6-8,13,16H,4-5H2,1-3H3,(H2,12,15). The minimum Gasteiger partial charge on any atom is -0.409 e. The summed E-state index contributed by atoms with van der Waals surface area (Å²) in [5.74, 6) is 0.256. The molecule has 0 aliphatic heterocycles. The maximum atomic E-state index is 8.55. The molecule has 17 heavy (non-hydrogen) atoms. The highest BCUT2D eigenvalue weighted by molar-refractivity contribution is 7.11. The van der Waals surface area contributed by atoms with Gasteiger partial charge in [0.25, 0.3) is 0 Å². The predicted octanol–water partition coefficient (Wildman–Crippen LogP) is 1.74. The molecule has 2 unspecified atom stereocenters. The first-order valence-electron chi connectivity index (χ1n) is 5.73. The van der Waals surface area contributed by atoms with E-state index in [1.54, 1.807) is 11.3 Å². The van der Waals surface area contributed by atoms with Crippen LogP contribution in [-0.4, -0.2) is 22.6 Å². The number of hydrogen-bond acceptors (Lipinski definition) is 5. The third-order valence-electron chi connectivity index (χ3n) is 2.64. The third kappa shape index (κ3) is 3.98. The number of nitrogens with two attached hydrogens (primary N) is 1. The van der Waals surface area contributed by atoms with Crippen molar-refractivity contribution in [2.75, 3.05) is 6.54 Å². The Hall–Kier alpha value is -1.14. The Balaban J connectivity index is 2.47. The summed E-state index contributed by atoms with van der Waals surface area (Å²) in [6, 6.07) is 0.189. The molecule has 2 atom stereocenters. The quantitative estimate of drug-likeness (QED) is 0.313. The molecule has 0 bridgehead atoms. The van der Waals surface area contributed by atoms with Crippen molar-refractivity contribution >= 4 is 17.2 Å². The van der Waals surface area contributed by atoms with Crippen molar-refractivity contribution in [3.63, 3.8) is 0 Å². The van der Waals surface area contributed by atoms with Crippen molar-refractivity contribution in [1.82, 2.24) is 10.3 Å². The molecule has 0 aliphatic carbocycles. The summed E-state index contributed by atoms with van der Waals surface area (Å²) in [6.07, 6.45) is 2.94. The number of rotatable bonds is 6. The predicted molar refractivity (Wildman–Crippen MR) is 70.5 cm³/mol. The van der Waals surface area contributed by atoms with Gasteiger partial charge in [0.1, 0.15) is 10.8 Å². The summed E-state index contributed by atoms with van der Waals surface area (Å²) in [5.41, 5.74) is 5.51. The molecule has 0 aliphatic rings. The first kappa shape index (κ1) is 13.9. The van der Waals surface area contributed by atoms with Crippen molar-refractivity contribution in [2.45, 2.75) is 33.2 Å². The van der Waals surface area contributed by atoms with E-state index < -0.39 is 0 Å². The molecule has 1 aromatic heterocycles. The van der Waals surface area contributed by atoms with E-state index in [0.29, 0.717) is 6.54 Å². The Morgan fingerprint density at radius 3 is 2.88 bits per heavy atom. The number of nitrogens with one attached hydrogen (secondary N) is 1. The van der Waals surface area contributed by atoms with E-state index in [9.17, 15) is 0 Å². The smallest absolute Gasteiger partial charge is 0.143 e. The Bertz CT molecular complexity index is 377. The molecule has 6 heteroatoms. The molecule has 0 saturated heterocycles. The molecule has 0 radical (unpaired) electrons. The normalized spacial score (nSPS) is 15.8. The van der Waals surface area contributed by atoms with E-state index in [0.717, 1.165) is 11.4 Å². The van der Waals surface area contributed by atoms with E-state index >= 15 is 0 Å². The van der Waals surface area contributed by atoms with Crippen LogP contribution in [0.5, 0.6) is 0 Å². The Kier molecular flexibility index (Phi) is 5.37. The van der Waals surface area contributed by atoms with Gasteiger partial charge >= 0.3 is 0 Å². The summed E-state index contributed by atoms with van der Waals surface area (Å²) in [6.45, 7) is 6.76. The molecule has 1 heterocycles. The molecular weight excluding hydrogens is 236 g/mol. The fourth-order valence-electron chi connectivity index (χ4n) is 1.33. The minimum atomic E-state index is 0.00746. The molecule has 1 rings (SSSR count). The van der Waals surface area contributed by atoms with Crippen LogP contribution in [0.25, 0.3) is 0 Å². The van der Waals surface area contributed by atoms with Gasteiger partial charge in [-0.25, -0.2) is 4.98 Å². The van der Waals surface area contributed by atoms with Crippen molar-refractivity contribution in [2.24, 2.45) is 16.8 Å². The van der Waals surface area contributed by atoms with Gasteiger partial charge in [-0.3, -0.25) is 0 Å². The molecule has 96 valence electrons. The highest BCUT2D eigenvalue weighted by atomic mass is 32.1. The lowest BCUT2D eigenvalue weighted by Crippen LogP contribution is -2.32. The maximum absolute atomic E-state index is 8.55. The van der Waals surface area contributed by atoms with Crippen LogP contribution in [0.1, 0.15) is 36.7 Å². The number of hydrogen-bond donors (Lipinski definition) is 3. The van der Waals surface area contributed by atoms with Crippen LogP contribution < -0.4 is 11.1 Å². The molecule has 0 fully saturated rings. The van der Waals surface area contributed by atoms with Crippen LogP contribution >= 0.6 is 11.3 Å². The summed E-state index contributed by atoms with van der Waals surface area (Å²) < 4.78 is 0. The lowest BCUT2D eigenvalue weighted by molar-refractivity contribution is 0.313. The topological polar surface area (TPSA) is 83.5 Å². The van der Waals surface area contributed by atoms with Gasteiger partial charge in [-0.2, -0.15) is 0 Å². The third-order valence-corrected chi connectivity index (χ3v) is 3.97. The molecule has 5 nitrogen and oxygen atoms in total. The van der Waals surface area contributed by atoms with Crippen LogP contribution in [0.3, 0.4) is 0 Å². The Labute approximate surface area is 106 Å². The van der Waals surface area contributed by atoms with E-state index in [-0.39, 0.29) is 17.8 Å². The lowest BCUT2D eigenvalue weighted by atomic mass is 10.1. The maximum Gasteiger partial charge on any atom is 0.143 e. The SMILES string of the molecule is CCc1cnc(C(C)NCC(C)C(N)=NO)s1. The number of amidine groups is 1. The lowest BCUT2D eigenvalue weighted by Gasteiger charge is -2.15. The van der Waals surface area contributed by atoms with Gasteiger partial charge < -0.3 is 16.3 Å². The number of thiazole rings is 1. The zero-order valence-corrected chi connectivity index (χ0v) is 11.3. The molecule has 1 aromatic rings. The second kappa shape index (κ2) is 6.56. The van der Waals surface area contributed by atoms with Gasteiger partial charge in [0.2, 0.25) is 0 Å². The number of aryl methyl sites for hydroxylation is 1. The van der Waals surface area contributed by atoms with Gasteiger partial charge in [0, 0.05) is 23.5 Å². The van der Waals surface area contributed by atoms with Crippen molar-refractivity contribution in [3.8, 4) is 0 Å². The number of nitrogens with zero attached hydrogens (tertiary/aromatic N) is 2. The van der Waals surface area contributed by atoms with E-state index in [2.05, 4.69) is 29.3 Å².